The minimum atomic E-state index is 0.864. The van der Waals surface area contributed by atoms with Crippen molar-refractivity contribution in [3.05, 3.63) is 28.8 Å². The molecule has 2 aliphatic rings. The van der Waals surface area contributed by atoms with Crippen LogP contribution in [0.3, 0.4) is 0 Å². The third kappa shape index (κ3) is 3.91. The minimum absolute atomic E-state index is 0.864. The molecule has 1 aliphatic carbocycles. The van der Waals surface area contributed by atoms with E-state index in [0.29, 0.717) is 0 Å². The minimum Gasteiger partial charge on any atom is -0.369 e. The number of nitrogens with one attached hydrogen (secondary N) is 1. The Labute approximate surface area is 133 Å². The average Bonchev–Trinajstić information content (AvgIpc) is 3.34. The van der Waals surface area contributed by atoms with Gasteiger partial charge in [0.15, 0.2) is 0 Å². The number of halogens is 1. The van der Waals surface area contributed by atoms with Crippen molar-refractivity contribution in [3.8, 4) is 0 Å². The predicted octanol–water partition coefficient (Wildman–Crippen LogP) is 3.12. The third-order valence-electron chi connectivity index (χ3n) is 4.52. The zero-order chi connectivity index (χ0) is 14.7. The summed E-state index contributed by atoms with van der Waals surface area (Å²) in [5, 5.41) is 4.30. The quantitative estimate of drug-likeness (QED) is 0.815. The number of benzene rings is 1. The number of hydrogen-bond acceptors (Lipinski definition) is 3. The van der Waals surface area contributed by atoms with E-state index < -0.39 is 0 Å². The smallest absolute Gasteiger partial charge is 0.0471 e. The highest BCUT2D eigenvalue weighted by Crippen LogP contribution is 2.29. The highest BCUT2D eigenvalue weighted by atomic mass is 35.5. The topological polar surface area (TPSA) is 18.5 Å². The maximum atomic E-state index is 6.44. The van der Waals surface area contributed by atoms with Crippen LogP contribution in [0.4, 0.5) is 5.69 Å². The first-order valence-electron chi connectivity index (χ1n) is 8.26. The van der Waals surface area contributed by atoms with E-state index in [9.17, 15) is 0 Å². The van der Waals surface area contributed by atoms with E-state index in [1.165, 1.54) is 37.2 Å². The van der Waals surface area contributed by atoms with Crippen LogP contribution in [0.15, 0.2) is 18.2 Å². The molecular weight excluding hydrogens is 282 g/mol. The molecule has 1 heterocycles. The summed E-state index contributed by atoms with van der Waals surface area (Å²) < 4.78 is 0. The van der Waals surface area contributed by atoms with Gasteiger partial charge in [0.1, 0.15) is 0 Å². The molecule has 0 radical (unpaired) electrons. The molecule has 0 bridgehead atoms. The molecule has 2 fully saturated rings. The molecule has 3 nitrogen and oxygen atoms in total. The van der Waals surface area contributed by atoms with Crippen LogP contribution in [0.2, 0.25) is 5.02 Å². The average molecular weight is 308 g/mol. The van der Waals surface area contributed by atoms with E-state index in [0.717, 1.165) is 43.7 Å². The first-order valence-corrected chi connectivity index (χ1v) is 8.64. The lowest BCUT2D eigenvalue weighted by molar-refractivity contribution is 0.248. The second-order valence-electron chi connectivity index (χ2n) is 6.21. The summed E-state index contributed by atoms with van der Waals surface area (Å²) in [5.41, 5.74) is 2.47. The molecule has 0 unspecified atom stereocenters. The maximum absolute atomic E-state index is 6.44. The van der Waals surface area contributed by atoms with E-state index in [4.69, 9.17) is 11.6 Å². The number of nitrogens with zero attached hydrogens (tertiary/aromatic N) is 2. The Kier molecular flexibility index (Phi) is 5.04. The normalized spacial score (nSPS) is 20.0. The number of piperazine rings is 1. The standard InChI is InChI=1S/C17H26ClN3/c1-2-7-19-13-14-3-4-16(12-17(14)18)21-10-8-20(9-11-21)15-5-6-15/h3-4,12,15,19H,2,5-11,13H2,1H3. The highest BCUT2D eigenvalue weighted by molar-refractivity contribution is 6.31. The van der Waals surface area contributed by atoms with Crippen LogP contribution in [-0.2, 0) is 6.54 Å². The zero-order valence-corrected chi connectivity index (χ0v) is 13.7. The maximum Gasteiger partial charge on any atom is 0.0471 e. The van der Waals surface area contributed by atoms with Gasteiger partial charge in [-0.25, -0.2) is 0 Å². The SMILES string of the molecule is CCCNCc1ccc(N2CCN(C3CC3)CC2)cc1Cl. The van der Waals surface area contributed by atoms with Crippen molar-refractivity contribution in [3.63, 3.8) is 0 Å². The van der Waals surface area contributed by atoms with Gasteiger partial charge in [0.25, 0.3) is 0 Å². The molecular formula is C17H26ClN3. The van der Waals surface area contributed by atoms with Crippen molar-refractivity contribution in [2.24, 2.45) is 0 Å². The van der Waals surface area contributed by atoms with Crippen molar-refractivity contribution in [2.45, 2.75) is 38.8 Å². The van der Waals surface area contributed by atoms with Crippen molar-refractivity contribution >= 4 is 17.3 Å². The monoisotopic (exact) mass is 307 g/mol. The second kappa shape index (κ2) is 6.99. The van der Waals surface area contributed by atoms with Crippen LogP contribution in [0.25, 0.3) is 0 Å². The molecule has 1 aromatic rings. The summed E-state index contributed by atoms with van der Waals surface area (Å²) in [6.45, 7) is 8.73. The summed E-state index contributed by atoms with van der Waals surface area (Å²) in [6.07, 6.45) is 3.97. The summed E-state index contributed by atoms with van der Waals surface area (Å²) in [6, 6.07) is 7.43. The number of anilines is 1. The highest BCUT2D eigenvalue weighted by Gasteiger charge is 2.31. The summed E-state index contributed by atoms with van der Waals surface area (Å²) in [7, 11) is 0. The third-order valence-corrected chi connectivity index (χ3v) is 4.87. The lowest BCUT2D eigenvalue weighted by Gasteiger charge is -2.36. The van der Waals surface area contributed by atoms with Crippen molar-refractivity contribution < 1.29 is 0 Å². The van der Waals surface area contributed by atoms with E-state index in [-0.39, 0.29) is 0 Å². The van der Waals surface area contributed by atoms with Crippen LogP contribution in [0.1, 0.15) is 31.7 Å². The molecule has 1 saturated heterocycles. The van der Waals surface area contributed by atoms with Gasteiger partial charge in [0.05, 0.1) is 0 Å². The molecule has 0 spiro atoms. The van der Waals surface area contributed by atoms with E-state index in [2.05, 4.69) is 40.2 Å². The van der Waals surface area contributed by atoms with E-state index in [1.54, 1.807) is 0 Å². The lowest BCUT2D eigenvalue weighted by atomic mass is 10.1. The van der Waals surface area contributed by atoms with Crippen molar-refractivity contribution in [1.82, 2.24) is 10.2 Å². The van der Waals surface area contributed by atoms with Gasteiger partial charge in [0.2, 0.25) is 0 Å². The Hall–Kier alpha value is -0.770. The Balaban J connectivity index is 1.57. The molecule has 3 rings (SSSR count). The van der Waals surface area contributed by atoms with Crippen LogP contribution >= 0.6 is 11.6 Å². The van der Waals surface area contributed by atoms with Gasteiger partial charge in [-0.3, -0.25) is 4.90 Å². The molecule has 0 amide bonds. The molecule has 21 heavy (non-hydrogen) atoms. The predicted molar refractivity (Wildman–Crippen MR) is 90.3 cm³/mol. The van der Waals surface area contributed by atoms with Gasteiger partial charge in [-0.15, -0.1) is 0 Å². The Bertz CT molecular complexity index is 465. The molecule has 1 aliphatic heterocycles. The lowest BCUT2D eigenvalue weighted by Crippen LogP contribution is -2.47. The van der Waals surface area contributed by atoms with Crippen LogP contribution in [0, 0.1) is 0 Å². The van der Waals surface area contributed by atoms with E-state index >= 15 is 0 Å². The summed E-state index contributed by atoms with van der Waals surface area (Å²) in [4.78, 5) is 5.11. The zero-order valence-electron chi connectivity index (χ0n) is 12.9. The summed E-state index contributed by atoms with van der Waals surface area (Å²) >= 11 is 6.44. The second-order valence-corrected chi connectivity index (χ2v) is 6.61. The molecule has 1 aromatic carbocycles. The molecule has 0 atom stereocenters. The van der Waals surface area contributed by atoms with Crippen molar-refractivity contribution in [1.29, 1.82) is 0 Å². The van der Waals surface area contributed by atoms with Crippen LogP contribution < -0.4 is 10.2 Å². The largest absolute Gasteiger partial charge is 0.369 e. The fourth-order valence-corrected chi connectivity index (χ4v) is 3.30. The first-order chi connectivity index (χ1) is 10.3. The van der Waals surface area contributed by atoms with Gasteiger partial charge in [-0.1, -0.05) is 24.6 Å². The van der Waals surface area contributed by atoms with Gasteiger partial charge in [0, 0.05) is 49.5 Å². The number of hydrogen-bond donors (Lipinski definition) is 1. The number of rotatable bonds is 6. The Morgan fingerprint density at radius 2 is 1.95 bits per heavy atom. The Morgan fingerprint density at radius 3 is 2.57 bits per heavy atom. The molecule has 1 N–H and O–H groups in total. The Morgan fingerprint density at radius 1 is 1.19 bits per heavy atom. The van der Waals surface area contributed by atoms with Crippen molar-refractivity contribution in [2.75, 3.05) is 37.6 Å². The van der Waals surface area contributed by atoms with Gasteiger partial charge in [-0.2, -0.15) is 0 Å². The van der Waals surface area contributed by atoms with Gasteiger partial charge < -0.3 is 10.2 Å². The fourth-order valence-electron chi connectivity index (χ4n) is 3.06. The fraction of sp³-hybridized carbons (Fsp3) is 0.647. The molecule has 4 heteroatoms. The first kappa shape index (κ1) is 15.1. The van der Waals surface area contributed by atoms with E-state index in [1.807, 2.05) is 0 Å². The van der Waals surface area contributed by atoms with Crippen LogP contribution in [-0.4, -0.2) is 43.7 Å². The summed E-state index contributed by atoms with van der Waals surface area (Å²) in [5.74, 6) is 0. The van der Waals surface area contributed by atoms with Crippen LogP contribution in [0.5, 0.6) is 0 Å². The molecule has 0 aromatic heterocycles. The molecule has 1 saturated carbocycles. The van der Waals surface area contributed by atoms with Gasteiger partial charge >= 0.3 is 0 Å². The van der Waals surface area contributed by atoms with Gasteiger partial charge in [-0.05, 0) is 43.5 Å². The molecule has 116 valence electrons.